The fourth-order valence-electron chi connectivity index (χ4n) is 1.35. The van der Waals surface area contributed by atoms with Crippen LogP contribution in [0.2, 0.25) is 0 Å². The SMILES string of the molecule is Cc1nnc(Cn2cc(C(=O)O)c(C)n2)o1. The van der Waals surface area contributed by atoms with Crippen molar-refractivity contribution >= 4 is 5.97 Å². The number of carboxylic acid groups (broad SMARTS) is 1. The molecular weight excluding hydrogens is 212 g/mol. The first kappa shape index (κ1) is 10.3. The first-order chi connectivity index (χ1) is 7.56. The van der Waals surface area contributed by atoms with Gasteiger partial charge in [-0.05, 0) is 6.92 Å². The number of aryl methyl sites for hydroxylation is 2. The molecule has 0 aliphatic heterocycles. The minimum absolute atomic E-state index is 0.177. The van der Waals surface area contributed by atoms with Crippen LogP contribution in [0.3, 0.4) is 0 Å². The maximum atomic E-state index is 10.8. The molecule has 2 rings (SSSR count). The lowest BCUT2D eigenvalue weighted by molar-refractivity contribution is 0.0696. The van der Waals surface area contributed by atoms with Crippen LogP contribution in [0.25, 0.3) is 0 Å². The van der Waals surface area contributed by atoms with Crippen LogP contribution in [0.15, 0.2) is 10.6 Å². The highest BCUT2D eigenvalue weighted by Crippen LogP contribution is 2.07. The molecule has 0 aromatic carbocycles. The molecule has 0 unspecified atom stereocenters. The molecule has 0 saturated carbocycles. The number of aromatic carboxylic acids is 1. The third-order valence-corrected chi connectivity index (χ3v) is 2.04. The molecule has 0 saturated heterocycles. The second-order valence-electron chi connectivity index (χ2n) is 3.35. The molecule has 1 N–H and O–H groups in total. The first-order valence-corrected chi connectivity index (χ1v) is 4.62. The zero-order valence-corrected chi connectivity index (χ0v) is 8.84. The summed E-state index contributed by atoms with van der Waals surface area (Å²) in [6.07, 6.45) is 1.44. The maximum absolute atomic E-state index is 10.8. The van der Waals surface area contributed by atoms with Gasteiger partial charge in [-0.2, -0.15) is 5.10 Å². The van der Waals surface area contributed by atoms with Crippen molar-refractivity contribution in [3.63, 3.8) is 0 Å². The van der Waals surface area contributed by atoms with Crippen LogP contribution in [0.5, 0.6) is 0 Å². The summed E-state index contributed by atoms with van der Waals surface area (Å²) in [6.45, 7) is 3.60. The Labute approximate surface area is 90.7 Å². The average molecular weight is 222 g/mol. The van der Waals surface area contributed by atoms with Crippen LogP contribution in [0.1, 0.15) is 27.8 Å². The third kappa shape index (κ3) is 1.92. The number of rotatable bonds is 3. The van der Waals surface area contributed by atoms with Gasteiger partial charge in [0.1, 0.15) is 12.1 Å². The van der Waals surface area contributed by atoms with Crippen molar-refractivity contribution in [2.45, 2.75) is 20.4 Å². The minimum Gasteiger partial charge on any atom is -0.478 e. The quantitative estimate of drug-likeness (QED) is 0.818. The Balaban J connectivity index is 2.22. The second-order valence-corrected chi connectivity index (χ2v) is 3.35. The Morgan fingerprint density at radius 3 is 2.75 bits per heavy atom. The molecule has 0 radical (unpaired) electrons. The van der Waals surface area contributed by atoms with Gasteiger partial charge in [-0.25, -0.2) is 4.79 Å². The molecule has 7 nitrogen and oxygen atoms in total. The van der Waals surface area contributed by atoms with Gasteiger partial charge in [0, 0.05) is 13.1 Å². The molecule has 2 aromatic rings. The molecule has 0 atom stereocenters. The van der Waals surface area contributed by atoms with Crippen LogP contribution in [0, 0.1) is 13.8 Å². The van der Waals surface area contributed by atoms with Crippen LogP contribution < -0.4 is 0 Å². The van der Waals surface area contributed by atoms with Gasteiger partial charge in [0.05, 0.1) is 5.69 Å². The third-order valence-electron chi connectivity index (χ3n) is 2.04. The fraction of sp³-hybridized carbons (Fsp3) is 0.333. The monoisotopic (exact) mass is 222 g/mol. The van der Waals surface area contributed by atoms with Crippen LogP contribution >= 0.6 is 0 Å². The predicted octanol–water partition coefficient (Wildman–Crippen LogP) is 0.629. The van der Waals surface area contributed by atoms with Gasteiger partial charge in [-0.1, -0.05) is 0 Å². The van der Waals surface area contributed by atoms with E-state index in [1.54, 1.807) is 13.8 Å². The first-order valence-electron chi connectivity index (χ1n) is 4.62. The van der Waals surface area contributed by atoms with Gasteiger partial charge in [-0.15, -0.1) is 10.2 Å². The fourth-order valence-corrected chi connectivity index (χ4v) is 1.35. The van der Waals surface area contributed by atoms with Crippen molar-refractivity contribution in [1.29, 1.82) is 0 Å². The van der Waals surface area contributed by atoms with Gasteiger partial charge in [-0.3, -0.25) is 4.68 Å². The maximum Gasteiger partial charge on any atom is 0.339 e. The van der Waals surface area contributed by atoms with E-state index in [-0.39, 0.29) is 12.1 Å². The standard InChI is InChI=1S/C9H10N4O3/c1-5-7(9(14)15)3-13(12-5)4-8-11-10-6(2)16-8/h3H,4H2,1-2H3,(H,14,15). The molecule has 0 aliphatic carbocycles. The number of hydrogen-bond acceptors (Lipinski definition) is 5. The van der Waals surface area contributed by atoms with E-state index in [1.807, 2.05) is 0 Å². The Bertz CT molecular complexity index is 529. The molecule has 0 fully saturated rings. The molecule has 0 amide bonds. The molecule has 0 bridgehead atoms. The summed E-state index contributed by atoms with van der Waals surface area (Å²) < 4.78 is 6.63. The van der Waals surface area contributed by atoms with Crippen LogP contribution in [0.4, 0.5) is 0 Å². The summed E-state index contributed by atoms with van der Waals surface area (Å²) in [5, 5.41) is 20.4. The van der Waals surface area contributed by atoms with Crippen LogP contribution in [-0.2, 0) is 6.54 Å². The van der Waals surface area contributed by atoms with E-state index < -0.39 is 5.97 Å². The van der Waals surface area contributed by atoms with E-state index in [0.717, 1.165) is 0 Å². The smallest absolute Gasteiger partial charge is 0.339 e. The molecule has 0 spiro atoms. The molecule has 2 heterocycles. The van der Waals surface area contributed by atoms with Gasteiger partial charge < -0.3 is 9.52 Å². The number of carbonyl (C=O) groups is 1. The Kier molecular flexibility index (Phi) is 2.43. The average Bonchev–Trinajstić information content (AvgIpc) is 2.73. The lowest BCUT2D eigenvalue weighted by Crippen LogP contribution is -2.00. The zero-order chi connectivity index (χ0) is 11.7. The summed E-state index contributed by atoms with van der Waals surface area (Å²) in [4.78, 5) is 10.8. The molecule has 2 aromatic heterocycles. The molecule has 7 heteroatoms. The Hall–Kier alpha value is -2.18. The molecule has 84 valence electrons. The largest absolute Gasteiger partial charge is 0.478 e. The summed E-state index contributed by atoms with van der Waals surface area (Å²) in [7, 11) is 0. The van der Waals surface area contributed by atoms with Gasteiger partial charge >= 0.3 is 5.97 Å². The normalized spacial score (nSPS) is 10.6. The van der Waals surface area contributed by atoms with Crippen molar-refractivity contribution in [3.05, 3.63) is 29.2 Å². The highest BCUT2D eigenvalue weighted by molar-refractivity contribution is 5.88. The van der Waals surface area contributed by atoms with E-state index in [9.17, 15) is 4.79 Å². The highest BCUT2D eigenvalue weighted by Gasteiger charge is 2.13. The topological polar surface area (TPSA) is 94.0 Å². The van der Waals surface area contributed by atoms with E-state index in [4.69, 9.17) is 9.52 Å². The Morgan fingerprint density at radius 2 is 2.25 bits per heavy atom. The summed E-state index contributed by atoms with van der Waals surface area (Å²) in [6, 6.07) is 0. The lowest BCUT2D eigenvalue weighted by atomic mass is 10.3. The van der Waals surface area contributed by atoms with E-state index in [1.165, 1.54) is 10.9 Å². The van der Waals surface area contributed by atoms with Crippen molar-refractivity contribution in [3.8, 4) is 0 Å². The van der Waals surface area contributed by atoms with Crippen molar-refractivity contribution < 1.29 is 14.3 Å². The predicted molar refractivity (Wildman–Crippen MR) is 52.1 cm³/mol. The Morgan fingerprint density at radius 1 is 1.50 bits per heavy atom. The number of carboxylic acids is 1. The number of aromatic nitrogens is 4. The molecule has 0 aliphatic rings. The van der Waals surface area contributed by atoms with E-state index >= 15 is 0 Å². The van der Waals surface area contributed by atoms with E-state index in [2.05, 4.69) is 15.3 Å². The second kappa shape index (κ2) is 3.76. The van der Waals surface area contributed by atoms with Crippen molar-refractivity contribution in [1.82, 2.24) is 20.0 Å². The lowest BCUT2D eigenvalue weighted by Gasteiger charge is -1.94. The summed E-state index contributed by atoms with van der Waals surface area (Å²) >= 11 is 0. The van der Waals surface area contributed by atoms with E-state index in [0.29, 0.717) is 17.5 Å². The van der Waals surface area contributed by atoms with Crippen LogP contribution in [-0.4, -0.2) is 31.1 Å². The molecule has 16 heavy (non-hydrogen) atoms. The van der Waals surface area contributed by atoms with Gasteiger partial charge in [0.2, 0.25) is 11.8 Å². The van der Waals surface area contributed by atoms with Gasteiger partial charge in [0.15, 0.2) is 0 Å². The molecular formula is C9H10N4O3. The summed E-state index contributed by atoms with van der Waals surface area (Å²) in [5.74, 6) is -0.125. The minimum atomic E-state index is -0.995. The zero-order valence-electron chi connectivity index (χ0n) is 8.84. The van der Waals surface area contributed by atoms with Gasteiger partial charge in [0.25, 0.3) is 0 Å². The number of nitrogens with zero attached hydrogens (tertiary/aromatic N) is 4. The van der Waals surface area contributed by atoms with Crippen molar-refractivity contribution in [2.24, 2.45) is 0 Å². The number of hydrogen-bond donors (Lipinski definition) is 1. The highest BCUT2D eigenvalue weighted by atomic mass is 16.4. The van der Waals surface area contributed by atoms with Crippen molar-refractivity contribution in [2.75, 3.05) is 0 Å². The summed E-state index contributed by atoms with van der Waals surface area (Å²) in [5.41, 5.74) is 0.639.